The van der Waals surface area contributed by atoms with E-state index in [-0.39, 0.29) is 0 Å². The molecule has 1 N–H and O–H groups in total. The van der Waals surface area contributed by atoms with Gasteiger partial charge in [-0.15, -0.1) is 0 Å². The first-order valence-corrected chi connectivity index (χ1v) is 7.16. The second-order valence-corrected chi connectivity index (χ2v) is 5.96. The maximum absolute atomic E-state index is 5.26. The Balaban J connectivity index is 1.84. The number of ether oxygens (including phenoxy) is 1. The average Bonchev–Trinajstić information content (AvgIpc) is 3.09. The van der Waals surface area contributed by atoms with Gasteiger partial charge in [-0.05, 0) is 50.6 Å². The van der Waals surface area contributed by atoms with E-state index in [4.69, 9.17) is 4.74 Å². The van der Waals surface area contributed by atoms with Gasteiger partial charge in [0.2, 0.25) is 0 Å². The van der Waals surface area contributed by atoms with Crippen LogP contribution in [0.2, 0.25) is 0 Å². The summed E-state index contributed by atoms with van der Waals surface area (Å²) in [6, 6.07) is 0.748. The van der Waals surface area contributed by atoms with E-state index < -0.39 is 0 Å². The standard InChI is InChI=1S/C14H28N2O/c1-11-8-15-9-14(11)10-16(6-7-17-3)12(2)13-4-5-13/h11-15H,4-10H2,1-3H3/t11-,12?,14+/m1/s1. The van der Waals surface area contributed by atoms with Crippen LogP contribution in [0.3, 0.4) is 0 Å². The summed E-state index contributed by atoms with van der Waals surface area (Å²) in [6.07, 6.45) is 2.87. The predicted octanol–water partition coefficient (Wildman–Crippen LogP) is 1.59. The van der Waals surface area contributed by atoms with Gasteiger partial charge in [-0.2, -0.15) is 0 Å². The Morgan fingerprint density at radius 3 is 2.65 bits per heavy atom. The highest BCUT2D eigenvalue weighted by Crippen LogP contribution is 2.35. The van der Waals surface area contributed by atoms with Crippen molar-refractivity contribution in [1.29, 1.82) is 0 Å². The molecule has 1 saturated heterocycles. The molecule has 0 amide bonds. The van der Waals surface area contributed by atoms with Crippen molar-refractivity contribution in [1.82, 2.24) is 10.2 Å². The summed E-state index contributed by atoms with van der Waals surface area (Å²) in [7, 11) is 1.81. The lowest BCUT2D eigenvalue weighted by molar-refractivity contribution is 0.1000. The molecule has 3 heteroatoms. The third-order valence-electron chi connectivity index (χ3n) is 4.61. The van der Waals surface area contributed by atoms with Crippen LogP contribution in [0.4, 0.5) is 0 Å². The van der Waals surface area contributed by atoms with Crippen LogP contribution in [0.15, 0.2) is 0 Å². The van der Waals surface area contributed by atoms with Crippen molar-refractivity contribution in [2.45, 2.75) is 32.7 Å². The third kappa shape index (κ3) is 3.67. The van der Waals surface area contributed by atoms with Gasteiger partial charge < -0.3 is 10.1 Å². The topological polar surface area (TPSA) is 24.5 Å². The molecule has 3 atom stereocenters. The van der Waals surface area contributed by atoms with Crippen LogP contribution in [0.25, 0.3) is 0 Å². The van der Waals surface area contributed by atoms with Gasteiger partial charge in [0.25, 0.3) is 0 Å². The van der Waals surface area contributed by atoms with Gasteiger partial charge in [-0.25, -0.2) is 0 Å². The molecule has 1 aliphatic heterocycles. The fraction of sp³-hybridized carbons (Fsp3) is 1.00. The number of rotatable bonds is 7. The monoisotopic (exact) mass is 240 g/mol. The minimum Gasteiger partial charge on any atom is -0.383 e. The van der Waals surface area contributed by atoms with Crippen LogP contribution in [-0.2, 0) is 4.74 Å². The quantitative estimate of drug-likeness (QED) is 0.731. The van der Waals surface area contributed by atoms with E-state index in [1.165, 1.54) is 32.5 Å². The molecule has 1 heterocycles. The predicted molar refractivity (Wildman–Crippen MR) is 71.2 cm³/mol. The summed E-state index contributed by atoms with van der Waals surface area (Å²) >= 11 is 0. The second kappa shape index (κ2) is 6.17. The Hall–Kier alpha value is -0.120. The molecule has 3 nitrogen and oxygen atoms in total. The first-order chi connectivity index (χ1) is 8.22. The zero-order chi connectivity index (χ0) is 12.3. The maximum Gasteiger partial charge on any atom is 0.0589 e. The molecule has 1 aliphatic carbocycles. The summed E-state index contributed by atoms with van der Waals surface area (Å²) in [5, 5.41) is 3.51. The van der Waals surface area contributed by atoms with Crippen molar-refractivity contribution in [2.75, 3.05) is 39.9 Å². The zero-order valence-corrected chi connectivity index (χ0v) is 11.6. The lowest BCUT2D eigenvalue weighted by atomic mass is 9.96. The molecule has 100 valence electrons. The van der Waals surface area contributed by atoms with Crippen molar-refractivity contribution >= 4 is 0 Å². The van der Waals surface area contributed by atoms with E-state index in [0.29, 0.717) is 0 Å². The molecular weight excluding hydrogens is 212 g/mol. The van der Waals surface area contributed by atoms with Crippen molar-refractivity contribution < 1.29 is 4.74 Å². The van der Waals surface area contributed by atoms with E-state index in [0.717, 1.165) is 36.9 Å². The van der Waals surface area contributed by atoms with Crippen LogP contribution in [0, 0.1) is 17.8 Å². The Morgan fingerprint density at radius 2 is 2.12 bits per heavy atom. The Bertz CT molecular complexity index is 230. The lowest BCUT2D eigenvalue weighted by Crippen LogP contribution is -2.41. The van der Waals surface area contributed by atoms with Crippen molar-refractivity contribution in [3.63, 3.8) is 0 Å². The van der Waals surface area contributed by atoms with E-state index in [9.17, 15) is 0 Å². The second-order valence-electron chi connectivity index (χ2n) is 5.96. The lowest BCUT2D eigenvalue weighted by Gasteiger charge is -2.32. The normalized spacial score (nSPS) is 31.1. The smallest absolute Gasteiger partial charge is 0.0589 e. The average molecular weight is 240 g/mol. The first-order valence-electron chi connectivity index (χ1n) is 7.16. The minimum absolute atomic E-state index is 0.748. The Morgan fingerprint density at radius 1 is 1.35 bits per heavy atom. The molecule has 0 aromatic carbocycles. The molecule has 0 bridgehead atoms. The third-order valence-corrected chi connectivity index (χ3v) is 4.61. The van der Waals surface area contributed by atoms with Crippen LogP contribution in [0.1, 0.15) is 26.7 Å². The van der Waals surface area contributed by atoms with Crippen molar-refractivity contribution in [3.8, 4) is 0 Å². The highest BCUT2D eigenvalue weighted by atomic mass is 16.5. The molecule has 2 fully saturated rings. The first kappa shape index (κ1) is 13.3. The SMILES string of the molecule is COCCN(C[C@@H]1CNC[C@H]1C)C(C)C1CC1. The summed E-state index contributed by atoms with van der Waals surface area (Å²) in [5.74, 6) is 2.61. The van der Waals surface area contributed by atoms with Gasteiger partial charge in [0, 0.05) is 26.2 Å². The minimum atomic E-state index is 0.748. The molecule has 0 aromatic heterocycles. The van der Waals surface area contributed by atoms with Gasteiger partial charge in [0.05, 0.1) is 6.61 Å². The van der Waals surface area contributed by atoms with Crippen LogP contribution < -0.4 is 5.32 Å². The molecule has 1 unspecified atom stereocenters. The molecule has 0 radical (unpaired) electrons. The van der Waals surface area contributed by atoms with Gasteiger partial charge in [0.15, 0.2) is 0 Å². The van der Waals surface area contributed by atoms with Crippen LogP contribution in [0.5, 0.6) is 0 Å². The molecule has 0 aromatic rings. The van der Waals surface area contributed by atoms with Gasteiger partial charge in [-0.3, -0.25) is 4.90 Å². The zero-order valence-electron chi connectivity index (χ0n) is 11.6. The highest BCUT2D eigenvalue weighted by Gasteiger charge is 2.34. The summed E-state index contributed by atoms with van der Waals surface area (Å²) < 4.78 is 5.26. The van der Waals surface area contributed by atoms with E-state index in [1.807, 2.05) is 0 Å². The molecule has 17 heavy (non-hydrogen) atoms. The molecule has 0 spiro atoms. The summed E-state index contributed by atoms with van der Waals surface area (Å²) in [6.45, 7) is 10.4. The fourth-order valence-electron chi connectivity index (χ4n) is 2.96. The van der Waals surface area contributed by atoms with Gasteiger partial charge in [0.1, 0.15) is 0 Å². The molecule has 2 aliphatic rings. The van der Waals surface area contributed by atoms with Crippen molar-refractivity contribution in [2.24, 2.45) is 17.8 Å². The number of nitrogens with one attached hydrogen (secondary N) is 1. The van der Waals surface area contributed by atoms with E-state index >= 15 is 0 Å². The highest BCUT2D eigenvalue weighted by molar-refractivity contribution is 4.88. The fourth-order valence-corrected chi connectivity index (χ4v) is 2.96. The van der Waals surface area contributed by atoms with Crippen LogP contribution >= 0.6 is 0 Å². The van der Waals surface area contributed by atoms with Crippen LogP contribution in [-0.4, -0.2) is 50.8 Å². The number of hydrogen-bond donors (Lipinski definition) is 1. The Labute approximate surface area is 106 Å². The number of methoxy groups -OCH3 is 1. The summed E-state index contributed by atoms with van der Waals surface area (Å²) in [4.78, 5) is 2.66. The maximum atomic E-state index is 5.26. The summed E-state index contributed by atoms with van der Waals surface area (Å²) in [5.41, 5.74) is 0. The number of nitrogens with zero attached hydrogens (tertiary/aromatic N) is 1. The van der Waals surface area contributed by atoms with E-state index in [1.54, 1.807) is 7.11 Å². The molecule has 2 rings (SSSR count). The largest absolute Gasteiger partial charge is 0.383 e. The molecule has 1 saturated carbocycles. The van der Waals surface area contributed by atoms with Crippen molar-refractivity contribution in [3.05, 3.63) is 0 Å². The van der Waals surface area contributed by atoms with Gasteiger partial charge in [-0.1, -0.05) is 6.92 Å². The number of hydrogen-bond acceptors (Lipinski definition) is 3. The Kier molecular flexibility index (Phi) is 4.83. The molecular formula is C14H28N2O. The van der Waals surface area contributed by atoms with Gasteiger partial charge >= 0.3 is 0 Å². The van der Waals surface area contributed by atoms with E-state index in [2.05, 4.69) is 24.1 Å².